The normalized spacial score (nSPS) is 15.5. The van der Waals surface area contributed by atoms with Crippen LogP contribution in [0.2, 0.25) is 0 Å². The van der Waals surface area contributed by atoms with E-state index in [1.807, 2.05) is 36.4 Å². The van der Waals surface area contributed by atoms with Crippen molar-refractivity contribution in [1.29, 1.82) is 10.5 Å². The summed E-state index contributed by atoms with van der Waals surface area (Å²) in [5.74, 6) is 0.237. The number of aromatic nitrogens is 2. The highest BCUT2D eigenvalue weighted by Gasteiger charge is 2.44. The van der Waals surface area contributed by atoms with Crippen LogP contribution in [0.3, 0.4) is 0 Å². The highest BCUT2D eigenvalue weighted by molar-refractivity contribution is 6.27. The fraction of sp³-hybridized carbons (Fsp3) is 0.0455. The lowest BCUT2D eigenvalue weighted by atomic mass is 9.59. The second kappa shape index (κ2) is 9.94. The number of benzene rings is 7. The van der Waals surface area contributed by atoms with Gasteiger partial charge in [-0.1, -0.05) is 121 Å². The van der Waals surface area contributed by atoms with Crippen LogP contribution in [-0.4, -0.2) is 9.97 Å². The molecule has 11 rings (SSSR count). The van der Waals surface area contributed by atoms with Gasteiger partial charge in [-0.05, 0) is 61.7 Å². The lowest BCUT2D eigenvalue weighted by molar-refractivity contribution is 0.750. The maximum atomic E-state index is 11.0. The zero-order valence-corrected chi connectivity index (χ0v) is 25.6. The Bertz CT molecular complexity index is 2770. The Labute approximate surface area is 276 Å². The third-order valence-corrected chi connectivity index (χ3v) is 10.3. The minimum atomic E-state index is -0.169. The summed E-state index contributed by atoms with van der Waals surface area (Å²) in [5, 5.41) is 26.6. The molecule has 0 fully saturated rings. The third-order valence-electron chi connectivity index (χ3n) is 10.3. The van der Waals surface area contributed by atoms with Gasteiger partial charge in [0, 0.05) is 33.7 Å². The molecule has 3 aliphatic carbocycles. The molecule has 4 heteroatoms. The smallest absolute Gasteiger partial charge is 0.161 e. The van der Waals surface area contributed by atoms with Crippen LogP contribution in [0.5, 0.6) is 0 Å². The van der Waals surface area contributed by atoms with E-state index >= 15 is 0 Å². The van der Waals surface area contributed by atoms with E-state index in [9.17, 15) is 10.5 Å². The number of nitriles is 2. The molecule has 8 aromatic rings. The van der Waals surface area contributed by atoms with Gasteiger partial charge in [-0.2, -0.15) is 10.5 Å². The average Bonchev–Trinajstić information content (AvgIpc) is 3.16. The average molecular weight is 609 g/mol. The van der Waals surface area contributed by atoms with E-state index in [2.05, 4.69) is 109 Å². The zero-order chi connectivity index (χ0) is 31.9. The first-order valence-corrected chi connectivity index (χ1v) is 16.1. The molecule has 3 aliphatic rings. The van der Waals surface area contributed by atoms with Crippen LogP contribution < -0.4 is 0 Å². The summed E-state index contributed by atoms with van der Waals surface area (Å²) in [5.41, 5.74) is 11.3. The van der Waals surface area contributed by atoms with Gasteiger partial charge in [0.2, 0.25) is 0 Å². The van der Waals surface area contributed by atoms with E-state index in [-0.39, 0.29) is 11.8 Å². The first-order chi connectivity index (χ1) is 23.8. The standard InChI is InChI=1S/C44H24N4/c45-23-26-13-10-20-34-37(26)38-30-17-7-8-18-31(30)39(34)40-35(38)22-21-33(36(40)24-46)44-47-42(25-11-2-1-3-12-25)41-29-16-6-4-14-27(29)28-15-5-9-19-32(28)43(41)48-44/h1-22,38-39H. The van der Waals surface area contributed by atoms with Crippen LogP contribution in [0, 0.1) is 22.7 Å². The summed E-state index contributed by atoms with van der Waals surface area (Å²) in [6, 6.07) is 50.8. The van der Waals surface area contributed by atoms with E-state index in [1.165, 1.54) is 11.1 Å². The van der Waals surface area contributed by atoms with Crippen molar-refractivity contribution in [2.45, 2.75) is 11.8 Å². The molecular formula is C44H24N4. The second-order valence-electron chi connectivity index (χ2n) is 12.6. The predicted octanol–water partition coefficient (Wildman–Crippen LogP) is 10.0. The van der Waals surface area contributed by atoms with E-state index < -0.39 is 0 Å². The molecule has 7 aromatic carbocycles. The molecule has 2 unspecified atom stereocenters. The van der Waals surface area contributed by atoms with Gasteiger partial charge in [0.25, 0.3) is 0 Å². The predicted molar refractivity (Wildman–Crippen MR) is 190 cm³/mol. The van der Waals surface area contributed by atoms with Crippen LogP contribution >= 0.6 is 0 Å². The Balaban J connectivity index is 1.31. The van der Waals surface area contributed by atoms with Gasteiger partial charge in [-0.25, -0.2) is 9.97 Å². The quantitative estimate of drug-likeness (QED) is 0.183. The fourth-order valence-electron chi connectivity index (χ4n) is 8.45. The summed E-state index contributed by atoms with van der Waals surface area (Å²) < 4.78 is 0. The van der Waals surface area contributed by atoms with Crippen LogP contribution in [0.15, 0.2) is 133 Å². The summed E-state index contributed by atoms with van der Waals surface area (Å²) in [7, 11) is 0. The van der Waals surface area contributed by atoms with Crippen molar-refractivity contribution in [3.8, 4) is 34.8 Å². The van der Waals surface area contributed by atoms with E-state index in [0.29, 0.717) is 17.0 Å². The lowest BCUT2D eigenvalue weighted by Gasteiger charge is -2.43. The van der Waals surface area contributed by atoms with E-state index in [4.69, 9.17) is 9.97 Å². The Morgan fingerprint density at radius 1 is 0.479 bits per heavy atom. The summed E-state index contributed by atoms with van der Waals surface area (Å²) in [4.78, 5) is 10.7. The number of hydrogen-bond donors (Lipinski definition) is 0. The molecule has 0 aliphatic heterocycles. The van der Waals surface area contributed by atoms with Crippen molar-refractivity contribution in [3.05, 3.63) is 178 Å². The maximum absolute atomic E-state index is 11.0. The number of rotatable bonds is 2. The van der Waals surface area contributed by atoms with Crippen molar-refractivity contribution in [2.75, 3.05) is 0 Å². The maximum Gasteiger partial charge on any atom is 0.161 e. The Kier molecular flexibility index (Phi) is 5.50. The molecule has 2 bridgehead atoms. The zero-order valence-electron chi connectivity index (χ0n) is 25.6. The molecule has 0 saturated carbocycles. The van der Waals surface area contributed by atoms with Crippen molar-refractivity contribution >= 4 is 32.4 Å². The van der Waals surface area contributed by atoms with Crippen molar-refractivity contribution in [1.82, 2.24) is 9.97 Å². The number of hydrogen-bond acceptors (Lipinski definition) is 4. The van der Waals surface area contributed by atoms with Crippen LogP contribution in [-0.2, 0) is 0 Å². The Morgan fingerprint density at radius 3 is 1.81 bits per heavy atom. The van der Waals surface area contributed by atoms with Gasteiger partial charge in [0.15, 0.2) is 5.82 Å². The third kappa shape index (κ3) is 3.47. The molecule has 0 radical (unpaired) electrons. The fourth-order valence-corrected chi connectivity index (χ4v) is 8.45. The van der Waals surface area contributed by atoms with Crippen molar-refractivity contribution in [2.24, 2.45) is 0 Å². The molecule has 4 nitrogen and oxygen atoms in total. The summed E-state index contributed by atoms with van der Waals surface area (Å²) in [6.45, 7) is 0. The molecule has 0 saturated heterocycles. The molecule has 1 aromatic heterocycles. The monoisotopic (exact) mass is 608 g/mol. The highest BCUT2D eigenvalue weighted by Crippen LogP contribution is 2.58. The molecule has 220 valence electrons. The minimum absolute atomic E-state index is 0.124. The van der Waals surface area contributed by atoms with Crippen molar-refractivity contribution in [3.63, 3.8) is 0 Å². The molecule has 2 atom stereocenters. The van der Waals surface area contributed by atoms with Crippen LogP contribution in [0.25, 0.3) is 55.1 Å². The topological polar surface area (TPSA) is 73.4 Å². The van der Waals surface area contributed by atoms with E-state index in [0.717, 1.165) is 71.5 Å². The van der Waals surface area contributed by atoms with Gasteiger partial charge in [-0.3, -0.25) is 0 Å². The number of fused-ring (bicyclic) bond motifs is 6. The summed E-state index contributed by atoms with van der Waals surface area (Å²) in [6.07, 6.45) is 0. The SMILES string of the molecule is N#Cc1cccc2c1C1c3ccccc3C2c2c1ccc(-c1nc(-c3ccccc3)c3c4ccccc4c4ccccc4c3n1)c2C#N. The van der Waals surface area contributed by atoms with Gasteiger partial charge in [0.1, 0.15) is 6.07 Å². The Morgan fingerprint density at radius 2 is 1.08 bits per heavy atom. The molecule has 48 heavy (non-hydrogen) atoms. The second-order valence-corrected chi connectivity index (χ2v) is 12.6. The van der Waals surface area contributed by atoms with E-state index in [1.54, 1.807) is 0 Å². The van der Waals surface area contributed by atoms with Crippen LogP contribution in [0.1, 0.15) is 56.3 Å². The molecule has 0 spiro atoms. The van der Waals surface area contributed by atoms with Gasteiger partial charge < -0.3 is 0 Å². The minimum Gasteiger partial charge on any atom is -0.227 e. The first kappa shape index (κ1) is 26.6. The molecular weight excluding hydrogens is 585 g/mol. The molecule has 1 heterocycles. The Hall–Kier alpha value is -6.62. The number of nitrogens with zero attached hydrogens (tertiary/aromatic N) is 4. The molecule has 0 N–H and O–H groups in total. The van der Waals surface area contributed by atoms with Crippen LogP contribution in [0.4, 0.5) is 0 Å². The molecule has 0 amide bonds. The lowest BCUT2D eigenvalue weighted by Crippen LogP contribution is -2.29. The van der Waals surface area contributed by atoms with Gasteiger partial charge >= 0.3 is 0 Å². The van der Waals surface area contributed by atoms with Gasteiger partial charge in [-0.15, -0.1) is 0 Å². The highest BCUT2D eigenvalue weighted by atomic mass is 14.9. The van der Waals surface area contributed by atoms with Crippen molar-refractivity contribution < 1.29 is 0 Å². The largest absolute Gasteiger partial charge is 0.227 e. The summed E-state index contributed by atoms with van der Waals surface area (Å²) >= 11 is 0. The van der Waals surface area contributed by atoms with Gasteiger partial charge in [0.05, 0.1) is 28.4 Å². The first-order valence-electron chi connectivity index (χ1n) is 16.1.